The van der Waals surface area contributed by atoms with Gasteiger partial charge in [-0.15, -0.1) is 0 Å². The molecule has 1 fully saturated rings. The number of carbonyl (C=O) groups excluding carboxylic acids is 1. The Kier molecular flexibility index (Phi) is 6.05. The van der Waals surface area contributed by atoms with Crippen LogP contribution in [0.5, 0.6) is 0 Å². The molecule has 0 bridgehead atoms. The number of amides is 1. The van der Waals surface area contributed by atoms with E-state index < -0.39 is 0 Å². The largest absolute Gasteiger partial charge is 0.354 e. The van der Waals surface area contributed by atoms with E-state index in [1.807, 2.05) is 54.2 Å². The van der Waals surface area contributed by atoms with Crippen LogP contribution in [-0.4, -0.2) is 61.0 Å². The summed E-state index contributed by atoms with van der Waals surface area (Å²) in [5.74, 6) is 0.830. The fourth-order valence-electron chi connectivity index (χ4n) is 3.56. The lowest BCUT2D eigenvalue weighted by molar-refractivity contribution is -0.136. The van der Waals surface area contributed by atoms with Gasteiger partial charge in [-0.2, -0.15) is 5.26 Å². The molecule has 0 aliphatic carbocycles. The standard InChI is InChI=1S/C21H25N5O/c1-24(2)19(17-8-4-3-5-9-17)21(27)26-13-7-12-25(14-15-26)20-18(16-22)10-6-11-23-20/h3-6,8-11,19H,7,12-15H2,1-2H3/t19-/m1/s1. The maximum absolute atomic E-state index is 13.3. The first-order valence-electron chi connectivity index (χ1n) is 9.22. The van der Waals surface area contributed by atoms with Gasteiger partial charge in [-0.05, 0) is 38.2 Å². The summed E-state index contributed by atoms with van der Waals surface area (Å²) in [6.45, 7) is 2.79. The minimum Gasteiger partial charge on any atom is -0.354 e. The van der Waals surface area contributed by atoms with Gasteiger partial charge in [0.05, 0.1) is 5.56 Å². The van der Waals surface area contributed by atoms with Crippen LogP contribution in [0.15, 0.2) is 48.7 Å². The highest BCUT2D eigenvalue weighted by molar-refractivity contribution is 5.83. The molecule has 3 rings (SSSR count). The Labute approximate surface area is 160 Å². The Morgan fingerprint density at radius 3 is 2.59 bits per heavy atom. The average Bonchev–Trinajstić information content (AvgIpc) is 2.95. The van der Waals surface area contributed by atoms with Gasteiger partial charge in [-0.1, -0.05) is 30.3 Å². The van der Waals surface area contributed by atoms with Gasteiger partial charge in [-0.3, -0.25) is 9.69 Å². The Hall–Kier alpha value is -2.91. The lowest BCUT2D eigenvalue weighted by Crippen LogP contribution is -2.42. The quantitative estimate of drug-likeness (QED) is 0.834. The number of hydrogen-bond acceptors (Lipinski definition) is 5. The molecule has 6 nitrogen and oxygen atoms in total. The van der Waals surface area contributed by atoms with Crippen LogP contribution in [0.2, 0.25) is 0 Å². The van der Waals surface area contributed by atoms with Gasteiger partial charge in [0.2, 0.25) is 5.91 Å². The Balaban J connectivity index is 1.75. The lowest BCUT2D eigenvalue weighted by Gasteiger charge is -2.30. The average molecular weight is 363 g/mol. The normalized spacial score (nSPS) is 15.9. The van der Waals surface area contributed by atoms with Crippen molar-refractivity contribution in [3.05, 3.63) is 59.8 Å². The van der Waals surface area contributed by atoms with Crippen molar-refractivity contribution in [2.45, 2.75) is 12.5 Å². The summed E-state index contributed by atoms with van der Waals surface area (Å²) in [6.07, 6.45) is 2.56. The van der Waals surface area contributed by atoms with Crippen molar-refractivity contribution < 1.29 is 4.79 Å². The number of anilines is 1. The monoisotopic (exact) mass is 363 g/mol. The highest BCUT2D eigenvalue weighted by Crippen LogP contribution is 2.23. The molecule has 27 heavy (non-hydrogen) atoms. The molecular weight excluding hydrogens is 338 g/mol. The van der Waals surface area contributed by atoms with E-state index in [1.54, 1.807) is 18.3 Å². The van der Waals surface area contributed by atoms with E-state index in [1.165, 1.54) is 0 Å². The predicted molar refractivity (Wildman–Crippen MR) is 105 cm³/mol. The molecule has 0 radical (unpaired) electrons. The number of rotatable bonds is 4. The molecule has 2 aromatic rings. The van der Waals surface area contributed by atoms with Crippen molar-refractivity contribution in [3.63, 3.8) is 0 Å². The zero-order valence-corrected chi connectivity index (χ0v) is 15.9. The number of nitriles is 1. The molecule has 1 aromatic carbocycles. The van der Waals surface area contributed by atoms with Crippen LogP contribution in [0.25, 0.3) is 0 Å². The Morgan fingerprint density at radius 2 is 1.89 bits per heavy atom. The number of nitrogens with zero attached hydrogens (tertiary/aromatic N) is 5. The maximum Gasteiger partial charge on any atom is 0.244 e. The van der Waals surface area contributed by atoms with Gasteiger partial charge in [0.1, 0.15) is 17.9 Å². The van der Waals surface area contributed by atoms with Crippen LogP contribution in [0.3, 0.4) is 0 Å². The first kappa shape index (κ1) is 18.9. The summed E-state index contributed by atoms with van der Waals surface area (Å²) >= 11 is 0. The summed E-state index contributed by atoms with van der Waals surface area (Å²) in [5.41, 5.74) is 1.58. The van der Waals surface area contributed by atoms with Gasteiger partial charge in [0, 0.05) is 32.4 Å². The van der Waals surface area contributed by atoms with Crippen molar-refractivity contribution in [2.24, 2.45) is 0 Å². The number of hydrogen-bond donors (Lipinski definition) is 0. The van der Waals surface area contributed by atoms with E-state index >= 15 is 0 Å². The van der Waals surface area contributed by atoms with Gasteiger partial charge in [-0.25, -0.2) is 4.98 Å². The maximum atomic E-state index is 13.3. The molecule has 1 saturated heterocycles. The summed E-state index contributed by atoms with van der Waals surface area (Å²) in [5, 5.41) is 9.33. The fourth-order valence-corrected chi connectivity index (χ4v) is 3.56. The molecule has 1 amide bonds. The highest BCUT2D eigenvalue weighted by Gasteiger charge is 2.29. The lowest BCUT2D eigenvalue weighted by atomic mass is 10.0. The summed E-state index contributed by atoms with van der Waals surface area (Å²) in [7, 11) is 3.87. The fraction of sp³-hybridized carbons (Fsp3) is 0.381. The molecule has 140 valence electrons. The second kappa shape index (κ2) is 8.65. The molecule has 2 heterocycles. The summed E-state index contributed by atoms with van der Waals surface area (Å²) < 4.78 is 0. The second-order valence-corrected chi connectivity index (χ2v) is 6.93. The predicted octanol–water partition coefficient (Wildman–Crippen LogP) is 2.29. The minimum atomic E-state index is -0.290. The van der Waals surface area contributed by atoms with Crippen LogP contribution in [0, 0.1) is 11.3 Å². The molecule has 1 aliphatic rings. The van der Waals surface area contributed by atoms with Gasteiger partial charge in [0.15, 0.2) is 0 Å². The van der Waals surface area contributed by atoms with Crippen molar-refractivity contribution in [3.8, 4) is 6.07 Å². The molecule has 0 N–H and O–H groups in total. The Bertz CT molecular complexity index is 815. The first-order valence-corrected chi connectivity index (χ1v) is 9.22. The molecule has 1 aromatic heterocycles. The van der Waals surface area contributed by atoms with E-state index in [0.717, 1.165) is 18.5 Å². The summed E-state index contributed by atoms with van der Waals surface area (Å²) in [4.78, 5) is 23.7. The number of likely N-dealkylation sites (N-methyl/N-ethyl adjacent to an activating group) is 1. The van der Waals surface area contributed by atoms with Crippen LogP contribution in [0.4, 0.5) is 5.82 Å². The zero-order valence-electron chi connectivity index (χ0n) is 15.9. The molecule has 6 heteroatoms. The molecule has 0 saturated carbocycles. The van der Waals surface area contributed by atoms with Crippen molar-refractivity contribution in [1.82, 2.24) is 14.8 Å². The van der Waals surface area contributed by atoms with E-state index in [2.05, 4.69) is 16.0 Å². The molecule has 1 atom stereocenters. The third-order valence-electron chi connectivity index (χ3n) is 4.88. The van der Waals surface area contributed by atoms with Gasteiger partial charge >= 0.3 is 0 Å². The SMILES string of the molecule is CN(C)[C@@H](C(=O)N1CCCN(c2ncccc2C#N)CC1)c1ccccc1. The minimum absolute atomic E-state index is 0.120. The zero-order chi connectivity index (χ0) is 19.2. The van der Waals surface area contributed by atoms with E-state index in [0.29, 0.717) is 31.0 Å². The smallest absolute Gasteiger partial charge is 0.244 e. The van der Waals surface area contributed by atoms with Crippen molar-refractivity contribution in [2.75, 3.05) is 45.2 Å². The van der Waals surface area contributed by atoms with Gasteiger partial charge in [0.25, 0.3) is 0 Å². The van der Waals surface area contributed by atoms with Crippen LogP contribution in [0.1, 0.15) is 23.6 Å². The third-order valence-corrected chi connectivity index (χ3v) is 4.88. The topological polar surface area (TPSA) is 63.5 Å². The van der Waals surface area contributed by atoms with Crippen LogP contribution in [-0.2, 0) is 4.79 Å². The van der Waals surface area contributed by atoms with Gasteiger partial charge < -0.3 is 9.80 Å². The van der Waals surface area contributed by atoms with Crippen LogP contribution < -0.4 is 4.90 Å². The Morgan fingerprint density at radius 1 is 1.11 bits per heavy atom. The number of aromatic nitrogens is 1. The molecular formula is C21H25N5O. The third kappa shape index (κ3) is 4.26. The second-order valence-electron chi connectivity index (χ2n) is 6.93. The highest BCUT2D eigenvalue weighted by atomic mass is 16.2. The van der Waals surface area contributed by atoms with E-state index in [4.69, 9.17) is 0 Å². The summed E-state index contributed by atoms with van der Waals surface area (Å²) in [6, 6.07) is 15.4. The van der Waals surface area contributed by atoms with Crippen LogP contribution >= 0.6 is 0 Å². The molecule has 0 unspecified atom stereocenters. The number of pyridine rings is 1. The first-order chi connectivity index (χ1) is 13.1. The van der Waals surface area contributed by atoms with Crippen molar-refractivity contribution >= 4 is 11.7 Å². The molecule has 0 spiro atoms. The van der Waals surface area contributed by atoms with E-state index in [9.17, 15) is 10.1 Å². The number of carbonyl (C=O) groups is 1. The molecule has 1 aliphatic heterocycles. The van der Waals surface area contributed by atoms with E-state index in [-0.39, 0.29) is 11.9 Å². The number of benzene rings is 1. The van der Waals surface area contributed by atoms with Crippen molar-refractivity contribution in [1.29, 1.82) is 5.26 Å².